The van der Waals surface area contributed by atoms with Crippen LogP contribution in [-0.2, 0) is 11.8 Å². The van der Waals surface area contributed by atoms with Crippen molar-refractivity contribution >= 4 is 16.5 Å². The Bertz CT molecular complexity index is 783. The Morgan fingerprint density at radius 2 is 2.13 bits per heavy atom. The molecule has 4 rings (SSSR count). The normalized spacial score (nSPS) is 20.7. The van der Waals surface area contributed by atoms with Crippen molar-refractivity contribution < 1.29 is 4.74 Å². The minimum atomic E-state index is -0.0286. The van der Waals surface area contributed by atoms with Crippen LogP contribution in [0.5, 0.6) is 0 Å². The van der Waals surface area contributed by atoms with E-state index in [0.29, 0.717) is 0 Å². The van der Waals surface area contributed by atoms with E-state index in [0.717, 1.165) is 24.0 Å². The Hall–Kier alpha value is -2.18. The van der Waals surface area contributed by atoms with Crippen LogP contribution in [0.4, 0.5) is 5.13 Å². The summed E-state index contributed by atoms with van der Waals surface area (Å²) in [6, 6.07) is 10.5. The van der Waals surface area contributed by atoms with Gasteiger partial charge in [-0.25, -0.2) is 9.97 Å². The van der Waals surface area contributed by atoms with E-state index in [1.165, 1.54) is 10.4 Å². The molecule has 0 bridgehead atoms. The lowest BCUT2D eigenvalue weighted by Crippen LogP contribution is -2.25. The number of aryl methyl sites for hydroxylation is 1. The van der Waals surface area contributed by atoms with Crippen LogP contribution in [0.2, 0.25) is 0 Å². The average Bonchev–Trinajstić information content (AvgIpc) is 3.30. The number of anilines is 1. The first kappa shape index (κ1) is 14.4. The highest BCUT2D eigenvalue weighted by atomic mass is 32.1. The van der Waals surface area contributed by atoms with E-state index in [4.69, 9.17) is 4.74 Å². The van der Waals surface area contributed by atoms with Crippen LogP contribution in [0.3, 0.4) is 0 Å². The number of benzene rings is 1. The van der Waals surface area contributed by atoms with Gasteiger partial charge in [0.2, 0.25) is 0 Å². The van der Waals surface area contributed by atoms with Crippen molar-refractivity contribution in [1.82, 2.24) is 14.5 Å². The molecular weight excluding hydrogens is 308 g/mol. The Kier molecular flexibility index (Phi) is 3.85. The molecule has 6 heteroatoms. The summed E-state index contributed by atoms with van der Waals surface area (Å²) in [4.78, 5) is 10.1. The third-order valence-electron chi connectivity index (χ3n) is 4.08. The Morgan fingerprint density at radius 3 is 2.91 bits per heavy atom. The topological polar surface area (TPSA) is 52.0 Å². The maximum Gasteiger partial charge on any atom is 0.183 e. The summed E-state index contributed by atoms with van der Waals surface area (Å²) in [5.74, 6) is 0.958. The van der Waals surface area contributed by atoms with Gasteiger partial charge in [-0.2, -0.15) is 0 Å². The number of hydrogen-bond donors (Lipinski definition) is 1. The maximum atomic E-state index is 5.89. The number of hydrogen-bond acceptors (Lipinski definition) is 5. The number of nitrogens with one attached hydrogen (secondary N) is 1. The fourth-order valence-corrected chi connectivity index (χ4v) is 3.76. The van der Waals surface area contributed by atoms with Gasteiger partial charge in [-0.15, -0.1) is 0 Å². The van der Waals surface area contributed by atoms with Crippen LogP contribution in [0, 0.1) is 0 Å². The second kappa shape index (κ2) is 6.14. The highest BCUT2D eigenvalue weighted by Gasteiger charge is 2.32. The van der Waals surface area contributed by atoms with Crippen molar-refractivity contribution in [3.05, 3.63) is 54.7 Å². The zero-order chi connectivity index (χ0) is 15.6. The third kappa shape index (κ3) is 2.87. The van der Waals surface area contributed by atoms with E-state index in [9.17, 15) is 0 Å². The monoisotopic (exact) mass is 326 g/mol. The van der Waals surface area contributed by atoms with E-state index < -0.39 is 0 Å². The molecule has 3 aromatic rings. The number of ether oxygens (including phenoxy) is 1. The molecule has 0 unspecified atom stereocenters. The fraction of sp³-hybridized carbons (Fsp3) is 0.294. The maximum absolute atomic E-state index is 5.89. The second-order valence-corrected chi connectivity index (χ2v) is 6.65. The summed E-state index contributed by atoms with van der Waals surface area (Å²) in [5, 5.41) is 4.45. The molecule has 3 heterocycles. The summed E-state index contributed by atoms with van der Waals surface area (Å²) < 4.78 is 7.90. The highest BCUT2D eigenvalue weighted by molar-refractivity contribution is 7.18. The molecule has 1 saturated heterocycles. The highest BCUT2D eigenvalue weighted by Crippen LogP contribution is 2.34. The molecule has 1 aliphatic rings. The molecule has 1 N–H and O–H groups in total. The molecule has 0 spiro atoms. The van der Waals surface area contributed by atoms with E-state index in [1.807, 2.05) is 48.4 Å². The van der Waals surface area contributed by atoms with E-state index in [-0.39, 0.29) is 12.1 Å². The van der Waals surface area contributed by atoms with Crippen molar-refractivity contribution in [3.63, 3.8) is 0 Å². The molecule has 2 aromatic heterocycles. The van der Waals surface area contributed by atoms with Gasteiger partial charge >= 0.3 is 0 Å². The standard InChI is InChI=1S/C17H18N4OS/c1-21-9-8-18-16(21)15-13(7-10-22-15)20-17-19-11-14(23-17)12-5-3-2-4-6-12/h2-6,8-9,11,13,15H,7,10H2,1H3,(H,19,20)/t13-,15-/m0/s1. The summed E-state index contributed by atoms with van der Waals surface area (Å²) >= 11 is 1.67. The molecule has 0 saturated carbocycles. The lowest BCUT2D eigenvalue weighted by Gasteiger charge is -2.19. The Labute approximate surface area is 139 Å². The largest absolute Gasteiger partial charge is 0.368 e. The molecule has 0 aliphatic carbocycles. The average molecular weight is 326 g/mol. The smallest absolute Gasteiger partial charge is 0.183 e. The van der Waals surface area contributed by atoms with E-state index in [2.05, 4.69) is 27.4 Å². The molecule has 23 heavy (non-hydrogen) atoms. The minimum absolute atomic E-state index is 0.0286. The van der Waals surface area contributed by atoms with Gasteiger partial charge in [0.15, 0.2) is 5.13 Å². The Balaban J connectivity index is 1.52. The lowest BCUT2D eigenvalue weighted by atomic mass is 10.1. The van der Waals surface area contributed by atoms with Crippen molar-refractivity contribution in [2.24, 2.45) is 7.05 Å². The second-order valence-electron chi connectivity index (χ2n) is 5.62. The van der Waals surface area contributed by atoms with Crippen molar-refractivity contribution in [2.45, 2.75) is 18.6 Å². The lowest BCUT2D eigenvalue weighted by molar-refractivity contribution is 0.0983. The van der Waals surface area contributed by atoms with Gasteiger partial charge in [-0.1, -0.05) is 41.7 Å². The molecule has 118 valence electrons. The summed E-state index contributed by atoms with van der Waals surface area (Å²) in [5.41, 5.74) is 1.20. The zero-order valence-electron chi connectivity index (χ0n) is 12.8. The first-order chi connectivity index (χ1) is 11.3. The summed E-state index contributed by atoms with van der Waals surface area (Å²) in [7, 11) is 2.00. The summed E-state index contributed by atoms with van der Waals surface area (Å²) in [6.45, 7) is 0.742. The van der Waals surface area contributed by atoms with Gasteiger partial charge in [0.1, 0.15) is 11.9 Å². The van der Waals surface area contributed by atoms with E-state index >= 15 is 0 Å². The molecule has 0 radical (unpaired) electrons. The van der Waals surface area contributed by atoms with Crippen molar-refractivity contribution in [3.8, 4) is 10.4 Å². The molecule has 1 fully saturated rings. The van der Waals surface area contributed by atoms with Crippen LogP contribution in [0.25, 0.3) is 10.4 Å². The van der Waals surface area contributed by atoms with Gasteiger partial charge in [0.05, 0.1) is 10.9 Å². The number of nitrogens with zero attached hydrogens (tertiary/aromatic N) is 3. The van der Waals surface area contributed by atoms with Crippen LogP contribution < -0.4 is 5.32 Å². The number of imidazole rings is 1. The van der Waals surface area contributed by atoms with Gasteiger partial charge in [-0.05, 0) is 12.0 Å². The van der Waals surface area contributed by atoms with Crippen LogP contribution in [0.1, 0.15) is 18.3 Å². The molecule has 1 aliphatic heterocycles. The van der Waals surface area contributed by atoms with Gasteiger partial charge < -0.3 is 14.6 Å². The van der Waals surface area contributed by atoms with Crippen LogP contribution in [-0.4, -0.2) is 27.2 Å². The quantitative estimate of drug-likeness (QED) is 0.797. The van der Waals surface area contributed by atoms with Gasteiger partial charge in [0, 0.05) is 32.2 Å². The third-order valence-corrected chi connectivity index (χ3v) is 5.06. The minimum Gasteiger partial charge on any atom is -0.368 e. The zero-order valence-corrected chi connectivity index (χ0v) is 13.7. The van der Waals surface area contributed by atoms with Crippen molar-refractivity contribution in [2.75, 3.05) is 11.9 Å². The number of thiazole rings is 1. The Morgan fingerprint density at radius 1 is 1.26 bits per heavy atom. The number of rotatable bonds is 4. The molecule has 5 nitrogen and oxygen atoms in total. The SMILES string of the molecule is Cn1ccnc1[C@H]1OCC[C@@H]1Nc1ncc(-c2ccccc2)s1. The summed E-state index contributed by atoms with van der Waals surface area (Å²) in [6.07, 6.45) is 6.61. The number of aromatic nitrogens is 3. The molecule has 1 aromatic carbocycles. The first-order valence-electron chi connectivity index (χ1n) is 7.68. The molecule has 2 atom stereocenters. The van der Waals surface area contributed by atoms with Crippen molar-refractivity contribution in [1.29, 1.82) is 0 Å². The van der Waals surface area contributed by atoms with Crippen LogP contribution in [0.15, 0.2) is 48.9 Å². The molecule has 0 amide bonds. The first-order valence-corrected chi connectivity index (χ1v) is 8.49. The van der Waals surface area contributed by atoms with E-state index in [1.54, 1.807) is 11.3 Å². The predicted octanol–water partition coefficient (Wildman–Crippen LogP) is 3.49. The molecular formula is C17H18N4OS. The van der Waals surface area contributed by atoms with Gasteiger partial charge in [0.25, 0.3) is 0 Å². The van der Waals surface area contributed by atoms with Gasteiger partial charge in [-0.3, -0.25) is 0 Å². The predicted molar refractivity (Wildman–Crippen MR) is 91.5 cm³/mol. The fourth-order valence-electron chi connectivity index (χ4n) is 2.88. The van der Waals surface area contributed by atoms with Crippen LogP contribution >= 0.6 is 11.3 Å².